The first-order valence-electron chi connectivity index (χ1n) is 5.25. The van der Waals surface area contributed by atoms with E-state index in [1.165, 1.54) is 19.3 Å². The van der Waals surface area contributed by atoms with Crippen LogP contribution in [0.2, 0.25) is 0 Å². The Labute approximate surface area is 76.5 Å². The molecule has 12 heavy (non-hydrogen) atoms. The van der Waals surface area contributed by atoms with E-state index in [2.05, 4.69) is 27.7 Å². The molecule has 0 aromatic carbocycles. The van der Waals surface area contributed by atoms with Gasteiger partial charge in [0.15, 0.2) is 0 Å². The second-order valence-corrected chi connectivity index (χ2v) is 4.62. The third-order valence-electron chi connectivity index (χ3n) is 2.83. The molecule has 0 bridgehead atoms. The van der Waals surface area contributed by atoms with Crippen molar-refractivity contribution in [1.82, 2.24) is 0 Å². The molecule has 0 spiro atoms. The Kier molecular flexibility index (Phi) is 3.57. The van der Waals surface area contributed by atoms with Crippen molar-refractivity contribution in [2.75, 3.05) is 0 Å². The Morgan fingerprint density at radius 1 is 1.08 bits per heavy atom. The van der Waals surface area contributed by atoms with Gasteiger partial charge in [0.25, 0.3) is 0 Å². The highest BCUT2D eigenvalue weighted by atomic mass is 16.5. The molecule has 0 radical (unpaired) electrons. The van der Waals surface area contributed by atoms with E-state index >= 15 is 0 Å². The zero-order valence-electron chi connectivity index (χ0n) is 8.84. The van der Waals surface area contributed by atoms with Gasteiger partial charge in [-0.1, -0.05) is 13.8 Å². The van der Waals surface area contributed by atoms with Crippen LogP contribution in [0.4, 0.5) is 0 Å². The molecule has 1 aliphatic carbocycles. The number of ether oxygens (including phenoxy) is 1. The summed E-state index contributed by atoms with van der Waals surface area (Å²) < 4.78 is 5.79. The Bertz CT molecular complexity index is 129. The summed E-state index contributed by atoms with van der Waals surface area (Å²) in [7, 11) is 0. The van der Waals surface area contributed by atoms with Crippen LogP contribution in [0, 0.1) is 11.8 Å². The van der Waals surface area contributed by atoms with Crippen molar-refractivity contribution in [1.29, 1.82) is 0 Å². The van der Waals surface area contributed by atoms with Gasteiger partial charge in [-0.25, -0.2) is 0 Å². The van der Waals surface area contributed by atoms with Crippen LogP contribution in [0.3, 0.4) is 0 Å². The van der Waals surface area contributed by atoms with Gasteiger partial charge in [0, 0.05) is 0 Å². The monoisotopic (exact) mass is 170 g/mol. The number of hydrogen-bond donors (Lipinski definition) is 0. The van der Waals surface area contributed by atoms with Gasteiger partial charge < -0.3 is 4.74 Å². The molecule has 0 unspecified atom stereocenters. The fourth-order valence-corrected chi connectivity index (χ4v) is 2.09. The zero-order valence-corrected chi connectivity index (χ0v) is 8.84. The summed E-state index contributed by atoms with van der Waals surface area (Å²) in [5.41, 5.74) is 0. The molecule has 0 heterocycles. The maximum Gasteiger partial charge on any atom is 0.0581 e. The van der Waals surface area contributed by atoms with Crippen molar-refractivity contribution in [2.45, 2.75) is 59.2 Å². The maximum atomic E-state index is 5.79. The predicted molar refractivity (Wildman–Crippen MR) is 52.2 cm³/mol. The summed E-state index contributed by atoms with van der Waals surface area (Å²) in [5, 5.41) is 0. The maximum absolute atomic E-state index is 5.79. The average molecular weight is 170 g/mol. The van der Waals surface area contributed by atoms with Crippen LogP contribution in [0.15, 0.2) is 0 Å². The molecule has 72 valence electrons. The Morgan fingerprint density at radius 3 is 2.17 bits per heavy atom. The minimum absolute atomic E-state index is 0.404. The molecular weight excluding hydrogens is 148 g/mol. The minimum Gasteiger partial charge on any atom is -0.376 e. The largest absolute Gasteiger partial charge is 0.376 e. The quantitative estimate of drug-likeness (QED) is 0.632. The van der Waals surface area contributed by atoms with E-state index < -0.39 is 0 Å². The lowest BCUT2D eigenvalue weighted by Gasteiger charge is -2.16. The molecule has 0 aliphatic heterocycles. The average Bonchev–Trinajstić information content (AvgIpc) is 2.34. The lowest BCUT2D eigenvalue weighted by atomic mass is 9.95. The summed E-state index contributed by atoms with van der Waals surface area (Å²) >= 11 is 0. The third-order valence-corrected chi connectivity index (χ3v) is 2.83. The summed E-state index contributed by atoms with van der Waals surface area (Å²) in [4.78, 5) is 0. The van der Waals surface area contributed by atoms with Crippen molar-refractivity contribution in [2.24, 2.45) is 11.8 Å². The normalized spacial score (nSPS) is 30.5. The van der Waals surface area contributed by atoms with Gasteiger partial charge in [-0.15, -0.1) is 0 Å². The van der Waals surface area contributed by atoms with Crippen molar-refractivity contribution in [3.63, 3.8) is 0 Å². The highest BCUT2D eigenvalue weighted by molar-refractivity contribution is 4.78. The van der Waals surface area contributed by atoms with Gasteiger partial charge in [-0.05, 0) is 44.9 Å². The standard InChI is InChI=1S/C11H22O/c1-8(2)10-5-6-11(7-10)12-9(3)4/h8-11H,5-7H2,1-4H3/t10-,11+/m1/s1. The summed E-state index contributed by atoms with van der Waals surface area (Å²) in [5.74, 6) is 1.75. The first kappa shape index (κ1) is 10.0. The molecule has 1 fully saturated rings. The van der Waals surface area contributed by atoms with Gasteiger partial charge in [-0.3, -0.25) is 0 Å². The van der Waals surface area contributed by atoms with E-state index in [0.717, 1.165) is 11.8 Å². The van der Waals surface area contributed by atoms with E-state index in [9.17, 15) is 0 Å². The van der Waals surface area contributed by atoms with Crippen molar-refractivity contribution in [3.05, 3.63) is 0 Å². The Morgan fingerprint density at radius 2 is 1.75 bits per heavy atom. The van der Waals surface area contributed by atoms with Gasteiger partial charge in [0.05, 0.1) is 12.2 Å². The summed E-state index contributed by atoms with van der Waals surface area (Å²) in [6.07, 6.45) is 4.89. The van der Waals surface area contributed by atoms with Crippen molar-refractivity contribution < 1.29 is 4.74 Å². The van der Waals surface area contributed by atoms with Crippen molar-refractivity contribution >= 4 is 0 Å². The van der Waals surface area contributed by atoms with E-state index in [4.69, 9.17) is 4.74 Å². The molecule has 1 rings (SSSR count). The molecular formula is C11H22O. The minimum atomic E-state index is 0.404. The highest BCUT2D eigenvalue weighted by Gasteiger charge is 2.27. The topological polar surface area (TPSA) is 9.23 Å². The fourth-order valence-electron chi connectivity index (χ4n) is 2.09. The molecule has 0 aromatic rings. The van der Waals surface area contributed by atoms with Gasteiger partial charge in [-0.2, -0.15) is 0 Å². The summed E-state index contributed by atoms with van der Waals surface area (Å²) in [6.45, 7) is 8.90. The highest BCUT2D eigenvalue weighted by Crippen LogP contribution is 2.33. The smallest absolute Gasteiger partial charge is 0.0581 e. The Balaban J connectivity index is 2.26. The lowest BCUT2D eigenvalue weighted by molar-refractivity contribution is 0.00919. The van der Waals surface area contributed by atoms with E-state index in [-0.39, 0.29) is 0 Å². The first-order chi connectivity index (χ1) is 5.59. The molecule has 1 saturated carbocycles. The van der Waals surface area contributed by atoms with Crippen LogP contribution in [0.25, 0.3) is 0 Å². The van der Waals surface area contributed by atoms with Crippen molar-refractivity contribution in [3.8, 4) is 0 Å². The first-order valence-corrected chi connectivity index (χ1v) is 5.25. The van der Waals surface area contributed by atoms with Crippen LogP contribution in [0.1, 0.15) is 47.0 Å². The van der Waals surface area contributed by atoms with Gasteiger partial charge >= 0.3 is 0 Å². The predicted octanol–water partition coefficient (Wildman–Crippen LogP) is 3.24. The van der Waals surface area contributed by atoms with E-state index in [0.29, 0.717) is 12.2 Å². The SMILES string of the molecule is CC(C)O[C@H]1CC[C@@H](C(C)C)C1. The van der Waals surface area contributed by atoms with Crippen LogP contribution in [-0.2, 0) is 4.74 Å². The Hall–Kier alpha value is -0.0400. The van der Waals surface area contributed by atoms with Crippen LogP contribution in [-0.4, -0.2) is 12.2 Å². The van der Waals surface area contributed by atoms with Crippen LogP contribution < -0.4 is 0 Å². The molecule has 0 aromatic heterocycles. The van der Waals surface area contributed by atoms with Crippen LogP contribution >= 0.6 is 0 Å². The lowest BCUT2D eigenvalue weighted by Crippen LogP contribution is -2.15. The van der Waals surface area contributed by atoms with Gasteiger partial charge in [0.2, 0.25) is 0 Å². The van der Waals surface area contributed by atoms with Crippen LogP contribution in [0.5, 0.6) is 0 Å². The summed E-state index contributed by atoms with van der Waals surface area (Å²) in [6, 6.07) is 0. The van der Waals surface area contributed by atoms with E-state index in [1.54, 1.807) is 0 Å². The fraction of sp³-hybridized carbons (Fsp3) is 1.00. The molecule has 1 aliphatic rings. The van der Waals surface area contributed by atoms with E-state index in [1.807, 2.05) is 0 Å². The second-order valence-electron chi connectivity index (χ2n) is 4.62. The molecule has 0 amide bonds. The molecule has 1 heteroatoms. The van der Waals surface area contributed by atoms with Gasteiger partial charge in [0.1, 0.15) is 0 Å². The molecule has 1 nitrogen and oxygen atoms in total. The molecule has 2 atom stereocenters. The zero-order chi connectivity index (χ0) is 9.14. The third kappa shape index (κ3) is 2.78. The number of rotatable bonds is 3. The molecule has 0 N–H and O–H groups in total. The second kappa shape index (κ2) is 4.27. The molecule has 0 saturated heterocycles. The number of hydrogen-bond acceptors (Lipinski definition) is 1.